The van der Waals surface area contributed by atoms with E-state index in [1.54, 1.807) is 30.5 Å². The lowest BCUT2D eigenvalue weighted by molar-refractivity contribution is -0.142. The summed E-state index contributed by atoms with van der Waals surface area (Å²) in [5, 5.41) is 16.2. The molecule has 2 aromatic rings. The number of amides is 3. The summed E-state index contributed by atoms with van der Waals surface area (Å²) in [5.74, 6) is -2.69. The van der Waals surface area contributed by atoms with Crippen LogP contribution < -0.4 is 10.6 Å². The molecule has 3 atom stereocenters. The van der Waals surface area contributed by atoms with Crippen LogP contribution in [0.1, 0.15) is 50.4 Å². The Labute approximate surface area is 227 Å². The molecule has 1 aromatic carbocycles. The Morgan fingerprint density at radius 1 is 1.18 bits per heavy atom. The number of fused-ring (bicyclic) bond motifs is 1. The van der Waals surface area contributed by atoms with Crippen molar-refractivity contribution in [3.05, 3.63) is 53.6 Å². The first-order chi connectivity index (χ1) is 18.2. The smallest absolute Gasteiger partial charge is 0.305 e. The van der Waals surface area contributed by atoms with Gasteiger partial charge >= 0.3 is 5.97 Å². The maximum atomic E-state index is 13.7. The molecule has 0 aliphatic carbocycles. The van der Waals surface area contributed by atoms with Gasteiger partial charge in [-0.15, -0.1) is 0 Å². The van der Waals surface area contributed by atoms with Gasteiger partial charge in [0.25, 0.3) is 5.91 Å². The van der Waals surface area contributed by atoms with E-state index in [2.05, 4.69) is 15.6 Å². The largest absolute Gasteiger partial charge is 0.481 e. The molecule has 1 aliphatic rings. The van der Waals surface area contributed by atoms with Crippen LogP contribution in [0.4, 0.5) is 0 Å². The average molecular weight is 559 g/mol. The molecule has 210 valence electrons. The molecule has 1 saturated heterocycles. The van der Waals surface area contributed by atoms with Crippen LogP contribution in [-0.2, 0) is 24.2 Å². The molecule has 3 rings (SSSR count). The number of aliphatic carboxylic acids is 1. The third-order valence-corrected chi connectivity index (χ3v) is 7.02. The van der Waals surface area contributed by atoms with E-state index in [-0.39, 0.29) is 6.54 Å². The van der Waals surface area contributed by atoms with Crippen molar-refractivity contribution in [3.63, 3.8) is 0 Å². The lowest BCUT2D eigenvalue weighted by atomic mass is 9.85. The molecule has 3 amide bonds. The molecule has 1 aliphatic heterocycles. The maximum absolute atomic E-state index is 13.7. The fourth-order valence-corrected chi connectivity index (χ4v) is 4.90. The molecular weight excluding hydrogens is 524 g/mol. The van der Waals surface area contributed by atoms with E-state index >= 15 is 0 Å². The lowest BCUT2D eigenvalue weighted by Crippen LogP contribution is -2.58. The van der Waals surface area contributed by atoms with Gasteiger partial charge in [-0.1, -0.05) is 32.9 Å². The highest BCUT2D eigenvalue weighted by molar-refractivity contribution is 7.93. The van der Waals surface area contributed by atoms with Crippen LogP contribution in [0.2, 0.25) is 0 Å². The fourth-order valence-electron chi connectivity index (χ4n) is 4.42. The van der Waals surface area contributed by atoms with Crippen LogP contribution in [0.3, 0.4) is 0 Å². The van der Waals surface area contributed by atoms with E-state index in [9.17, 15) is 32.7 Å². The Bertz CT molecular complexity index is 1400. The molecule has 39 heavy (non-hydrogen) atoms. The highest BCUT2D eigenvalue weighted by Crippen LogP contribution is 2.26. The molecule has 2 heterocycles. The summed E-state index contributed by atoms with van der Waals surface area (Å²) in [7, 11) is -3.54. The molecule has 1 aromatic heterocycles. The molecule has 0 spiro atoms. The highest BCUT2D eigenvalue weighted by atomic mass is 32.2. The predicted molar refractivity (Wildman–Crippen MR) is 145 cm³/mol. The van der Waals surface area contributed by atoms with Gasteiger partial charge in [0, 0.05) is 35.4 Å². The van der Waals surface area contributed by atoms with Crippen molar-refractivity contribution in [1.29, 1.82) is 0 Å². The normalized spacial score (nSPS) is 17.6. The molecule has 0 unspecified atom stereocenters. The van der Waals surface area contributed by atoms with Crippen molar-refractivity contribution in [2.24, 2.45) is 5.41 Å². The minimum atomic E-state index is -3.54. The standard InChI is InChI=1S/C27H34N4O7S/c1-27(2,3)23(30-24(34)18-9-10-20-17(15-18)7-5-12-28-20)26(36)31-13-6-8-21(31)25(35)29-19(16-22(32)33)11-14-39(4,37)38/h5,7,9-12,14-15,19,21,23H,6,8,13,16H2,1-4H3,(H,29,35)(H,30,34)(H,32,33)/b14-11+/t19-,21-,23+/m1/s1. The molecule has 3 N–H and O–H groups in total. The van der Waals surface area contributed by atoms with E-state index in [0.717, 1.165) is 28.6 Å². The second-order valence-corrected chi connectivity index (χ2v) is 12.7. The van der Waals surface area contributed by atoms with Gasteiger partial charge in [0.05, 0.1) is 18.0 Å². The summed E-state index contributed by atoms with van der Waals surface area (Å²) in [6, 6.07) is 5.72. The van der Waals surface area contributed by atoms with Gasteiger partial charge in [0.15, 0.2) is 9.84 Å². The summed E-state index contributed by atoms with van der Waals surface area (Å²) in [4.78, 5) is 57.0. The minimum absolute atomic E-state index is 0.282. The Hall–Kier alpha value is -3.80. The first kappa shape index (κ1) is 29.8. The van der Waals surface area contributed by atoms with Crippen LogP contribution in [0.15, 0.2) is 48.0 Å². The second kappa shape index (κ2) is 11.9. The lowest BCUT2D eigenvalue weighted by Gasteiger charge is -2.35. The monoisotopic (exact) mass is 558 g/mol. The number of pyridine rings is 1. The zero-order valence-electron chi connectivity index (χ0n) is 22.4. The number of hydrogen-bond donors (Lipinski definition) is 3. The van der Waals surface area contributed by atoms with Gasteiger partial charge in [-0.25, -0.2) is 8.42 Å². The number of rotatable bonds is 9. The third-order valence-electron chi connectivity index (χ3n) is 6.37. The Morgan fingerprint density at radius 3 is 2.54 bits per heavy atom. The fraction of sp³-hybridized carbons (Fsp3) is 0.444. The van der Waals surface area contributed by atoms with Crippen LogP contribution in [0.25, 0.3) is 10.9 Å². The van der Waals surface area contributed by atoms with Crippen LogP contribution in [0.5, 0.6) is 0 Å². The summed E-state index contributed by atoms with van der Waals surface area (Å²) >= 11 is 0. The number of nitrogens with one attached hydrogen (secondary N) is 2. The maximum Gasteiger partial charge on any atom is 0.305 e. The zero-order chi connectivity index (χ0) is 29.0. The first-order valence-corrected chi connectivity index (χ1v) is 14.5. The Morgan fingerprint density at radius 2 is 1.90 bits per heavy atom. The Balaban J connectivity index is 1.79. The zero-order valence-corrected chi connectivity index (χ0v) is 23.2. The number of sulfone groups is 1. The van der Waals surface area contributed by atoms with E-state index in [1.165, 1.54) is 4.90 Å². The van der Waals surface area contributed by atoms with Crippen molar-refractivity contribution in [2.75, 3.05) is 12.8 Å². The number of carboxylic acid groups (broad SMARTS) is 1. The van der Waals surface area contributed by atoms with Crippen molar-refractivity contribution < 1.29 is 32.7 Å². The summed E-state index contributed by atoms with van der Waals surface area (Å²) < 4.78 is 23.0. The third kappa shape index (κ3) is 8.09. The number of aromatic nitrogens is 1. The minimum Gasteiger partial charge on any atom is -0.481 e. The van der Waals surface area contributed by atoms with Gasteiger partial charge in [-0.05, 0) is 42.5 Å². The predicted octanol–water partition coefficient (Wildman–Crippen LogP) is 1.89. The number of nitrogens with zero attached hydrogens (tertiary/aromatic N) is 2. The van der Waals surface area contributed by atoms with Gasteiger partial charge in [-0.2, -0.15) is 0 Å². The van der Waals surface area contributed by atoms with Gasteiger partial charge in [0.2, 0.25) is 11.8 Å². The Kier molecular flexibility index (Phi) is 9.10. The van der Waals surface area contributed by atoms with Gasteiger partial charge < -0.3 is 20.6 Å². The van der Waals surface area contributed by atoms with Crippen molar-refractivity contribution in [1.82, 2.24) is 20.5 Å². The second-order valence-electron chi connectivity index (χ2n) is 10.7. The molecule has 0 radical (unpaired) electrons. The quantitative estimate of drug-likeness (QED) is 0.420. The molecule has 11 nitrogen and oxygen atoms in total. The molecule has 12 heteroatoms. The number of benzene rings is 1. The average Bonchev–Trinajstić information content (AvgIpc) is 3.34. The molecule has 0 bridgehead atoms. The number of carbonyl (C=O) groups excluding carboxylic acids is 3. The van der Waals surface area contributed by atoms with Crippen molar-refractivity contribution in [2.45, 2.75) is 58.2 Å². The van der Waals surface area contributed by atoms with Crippen molar-refractivity contribution >= 4 is 44.4 Å². The van der Waals surface area contributed by atoms with Crippen molar-refractivity contribution in [3.8, 4) is 0 Å². The topological polar surface area (TPSA) is 163 Å². The number of carboxylic acids is 1. The summed E-state index contributed by atoms with van der Waals surface area (Å²) in [6.45, 7) is 5.71. The van der Waals surface area contributed by atoms with Crippen LogP contribution in [0, 0.1) is 5.41 Å². The molecular formula is C27H34N4O7S. The number of carbonyl (C=O) groups is 4. The van der Waals surface area contributed by atoms with E-state index in [4.69, 9.17) is 0 Å². The molecule has 0 saturated carbocycles. The van der Waals surface area contributed by atoms with E-state index in [1.807, 2.05) is 26.8 Å². The van der Waals surface area contributed by atoms with Gasteiger partial charge in [-0.3, -0.25) is 24.2 Å². The molecule has 1 fully saturated rings. The van der Waals surface area contributed by atoms with E-state index in [0.29, 0.717) is 18.4 Å². The van der Waals surface area contributed by atoms with E-state index < -0.39 is 63.5 Å². The number of likely N-dealkylation sites (tertiary alicyclic amines) is 1. The van der Waals surface area contributed by atoms with Crippen LogP contribution >= 0.6 is 0 Å². The first-order valence-electron chi connectivity index (χ1n) is 12.5. The van der Waals surface area contributed by atoms with Crippen LogP contribution in [-0.4, -0.2) is 78.0 Å². The van der Waals surface area contributed by atoms with Gasteiger partial charge in [0.1, 0.15) is 12.1 Å². The number of hydrogen-bond acceptors (Lipinski definition) is 7. The SMILES string of the molecule is CC(C)(C)[C@@H](NC(=O)c1ccc2ncccc2c1)C(=O)N1CCC[C@@H]1C(=O)N[C@H](/C=C/S(C)(=O)=O)CC(=O)O. The highest BCUT2D eigenvalue weighted by Gasteiger charge is 2.42. The summed E-state index contributed by atoms with van der Waals surface area (Å²) in [5.41, 5.74) is 0.400. The summed E-state index contributed by atoms with van der Waals surface area (Å²) in [6.07, 6.45) is 4.08.